The summed E-state index contributed by atoms with van der Waals surface area (Å²) in [4.78, 5) is 4.01. The van der Waals surface area contributed by atoms with Crippen molar-refractivity contribution in [3.8, 4) is 11.1 Å². The summed E-state index contributed by atoms with van der Waals surface area (Å²) < 4.78 is 0.927. The lowest BCUT2D eigenvalue weighted by Gasteiger charge is -2.06. The minimum atomic E-state index is 0.0760. The van der Waals surface area contributed by atoms with Gasteiger partial charge in [-0.1, -0.05) is 24.8 Å². The van der Waals surface area contributed by atoms with E-state index in [0.29, 0.717) is 0 Å². The van der Waals surface area contributed by atoms with Crippen LogP contribution < -0.4 is 0 Å². The third-order valence-electron chi connectivity index (χ3n) is 2.28. The molecule has 16 heavy (non-hydrogen) atoms. The van der Waals surface area contributed by atoms with Crippen LogP contribution in [-0.2, 0) is 0 Å². The topological polar surface area (TPSA) is 33.1 Å². The van der Waals surface area contributed by atoms with Gasteiger partial charge >= 0.3 is 0 Å². The summed E-state index contributed by atoms with van der Waals surface area (Å²) in [6, 6.07) is 9.50. The number of pyridine rings is 1. The summed E-state index contributed by atoms with van der Waals surface area (Å²) in [6.07, 6.45) is 3.48. The molecule has 0 unspecified atom stereocenters. The van der Waals surface area contributed by atoms with E-state index < -0.39 is 0 Å². The maximum absolute atomic E-state index is 9.35. The predicted octanol–water partition coefficient (Wildman–Crippen LogP) is 4.04. The Bertz CT molecular complexity index is 537. The molecule has 0 aliphatic heterocycles. The largest absolute Gasteiger partial charge is 0.508 e. The predicted molar refractivity (Wildman–Crippen MR) is 69.0 cm³/mol. The highest BCUT2D eigenvalue weighted by Gasteiger charge is 2.04. The van der Waals surface area contributed by atoms with Crippen molar-refractivity contribution in [1.29, 1.82) is 0 Å². The third-order valence-corrected chi connectivity index (χ3v) is 2.91. The molecule has 0 saturated carbocycles. The lowest BCUT2D eigenvalue weighted by atomic mass is 10.0. The lowest BCUT2D eigenvalue weighted by Crippen LogP contribution is -1.85. The van der Waals surface area contributed by atoms with Crippen molar-refractivity contribution in [3.63, 3.8) is 0 Å². The molecule has 1 aromatic heterocycles. The molecule has 0 bridgehead atoms. The number of benzene rings is 1. The van der Waals surface area contributed by atoms with Gasteiger partial charge in [-0.25, -0.2) is 0 Å². The molecule has 0 atom stereocenters. The van der Waals surface area contributed by atoms with Gasteiger partial charge in [0.25, 0.3) is 0 Å². The number of aliphatic hydroxyl groups excluding tert-OH is 1. The van der Waals surface area contributed by atoms with Crippen LogP contribution in [0.4, 0.5) is 0 Å². The second-order valence-electron chi connectivity index (χ2n) is 3.38. The van der Waals surface area contributed by atoms with Crippen LogP contribution in [0.2, 0.25) is 0 Å². The average Bonchev–Trinajstić information content (AvgIpc) is 2.30. The highest BCUT2D eigenvalue weighted by atomic mass is 79.9. The van der Waals surface area contributed by atoms with Gasteiger partial charge in [0, 0.05) is 22.4 Å². The van der Waals surface area contributed by atoms with Gasteiger partial charge in [0.05, 0.1) is 0 Å². The fourth-order valence-corrected chi connectivity index (χ4v) is 1.95. The molecule has 0 saturated heterocycles. The van der Waals surface area contributed by atoms with E-state index >= 15 is 0 Å². The summed E-state index contributed by atoms with van der Waals surface area (Å²) in [5.74, 6) is 0.0760. The minimum Gasteiger partial charge on any atom is -0.508 e. The molecule has 2 nitrogen and oxygen atoms in total. The fourth-order valence-electron chi connectivity index (χ4n) is 1.48. The quantitative estimate of drug-likeness (QED) is 0.840. The number of hydrogen-bond acceptors (Lipinski definition) is 2. The van der Waals surface area contributed by atoms with Crippen LogP contribution in [0.15, 0.2) is 53.8 Å². The summed E-state index contributed by atoms with van der Waals surface area (Å²) in [5, 5.41) is 9.35. The number of halogens is 1. The molecular formula is C13H10BrNO. The Kier molecular flexibility index (Phi) is 3.06. The van der Waals surface area contributed by atoms with Crippen LogP contribution in [0.5, 0.6) is 0 Å². The smallest absolute Gasteiger partial charge is 0.115 e. The molecule has 1 heterocycles. The number of rotatable bonds is 2. The molecule has 0 spiro atoms. The molecule has 0 aliphatic carbocycles. The zero-order chi connectivity index (χ0) is 11.5. The summed E-state index contributed by atoms with van der Waals surface area (Å²) in [6.45, 7) is 3.51. The molecule has 1 aromatic carbocycles. The van der Waals surface area contributed by atoms with Gasteiger partial charge in [-0.2, -0.15) is 0 Å². The molecule has 0 amide bonds. The van der Waals surface area contributed by atoms with E-state index in [4.69, 9.17) is 0 Å². The molecular weight excluding hydrogens is 266 g/mol. The Hall–Kier alpha value is -1.61. The first-order valence-corrected chi connectivity index (χ1v) is 5.56. The van der Waals surface area contributed by atoms with E-state index in [2.05, 4.69) is 27.5 Å². The van der Waals surface area contributed by atoms with Gasteiger partial charge < -0.3 is 5.11 Å². The third kappa shape index (κ3) is 2.14. The maximum atomic E-state index is 9.35. The van der Waals surface area contributed by atoms with Crippen molar-refractivity contribution in [3.05, 3.63) is 59.3 Å². The van der Waals surface area contributed by atoms with Crippen molar-refractivity contribution in [2.45, 2.75) is 0 Å². The first kappa shape index (κ1) is 10.9. The Balaban J connectivity index is 2.53. The number of aliphatic hydroxyl groups is 1. The van der Waals surface area contributed by atoms with Crippen LogP contribution in [0, 0.1) is 0 Å². The van der Waals surface area contributed by atoms with Gasteiger partial charge in [0.1, 0.15) is 5.76 Å². The Labute approximate surface area is 102 Å². The van der Waals surface area contributed by atoms with Crippen LogP contribution >= 0.6 is 15.9 Å². The molecule has 3 heteroatoms. The maximum Gasteiger partial charge on any atom is 0.115 e. The Morgan fingerprint density at radius 1 is 1.31 bits per heavy atom. The van der Waals surface area contributed by atoms with Gasteiger partial charge in [0.15, 0.2) is 0 Å². The summed E-state index contributed by atoms with van der Waals surface area (Å²) in [7, 11) is 0. The first-order valence-electron chi connectivity index (χ1n) is 4.76. The Morgan fingerprint density at radius 2 is 2.12 bits per heavy atom. The van der Waals surface area contributed by atoms with Crippen LogP contribution in [0.3, 0.4) is 0 Å². The van der Waals surface area contributed by atoms with Gasteiger partial charge in [-0.15, -0.1) is 0 Å². The van der Waals surface area contributed by atoms with E-state index in [0.717, 1.165) is 21.2 Å². The molecule has 2 aromatic rings. The van der Waals surface area contributed by atoms with Crippen LogP contribution in [-0.4, -0.2) is 10.1 Å². The second-order valence-corrected chi connectivity index (χ2v) is 4.24. The van der Waals surface area contributed by atoms with Crippen molar-refractivity contribution < 1.29 is 5.11 Å². The lowest BCUT2D eigenvalue weighted by molar-refractivity contribution is 0.514. The van der Waals surface area contributed by atoms with E-state index in [-0.39, 0.29) is 5.76 Å². The molecule has 80 valence electrons. The molecule has 1 N–H and O–H groups in total. The van der Waals surface area contributed by atoms with E-state index in [1.165, 1.54) is 0 Å². The number of nitrogens with zero attached hydrogens (tertiary/aromatic N) is 1. The summed E-state index contributed by atoms with van der Waals surface area (Å²) in [5.41, 5.74) is 2.78. The van der Waals surface area contributed by atoms with Crippen LogP contribution in [0.25, 0.3) is 16.9 Å². The van der Waals surface area contributed by atoms with Crippen molar-refractivity contribution in [1.82, 2.24) is 4.98 Å². The van der Waals surface area contributed by atoms with Crippen molar-refractivity contribution >= 4 is 21.7 Å². The van der Waals surface area contributed by atoms with Crippen LogP contribution in [0.1, 0.15) is 5.56 Å². The highest BCUT2D eigenvalue weighted by molar-refractivity contribution is 9.10. The average molecular weight is 276 g/mol. The second kappa shape index (κ2) is 4.49. The normalized spacial score (nSPS) is 10.1. The van der Waals surface area contributed by atoms with Crippen molar-refractivity contribution in [2.75, 3.05) is 0 Å². The zero-order valence-corrected chi connectivity index (χ0v) is 10.1. The monoisotopic (exact) mass is 275 g/mol. The number of hydrogen-bond donors (Lipinski definition) is 1. The minimum absolute atomic E-state index is 0.0760. The van der Waals surface area contributed by atoms with E-state index in [1.54, 1.807) is 12.4 Å². The molecule has 0 fully saturated rings. The zero-order valence-electron chi connectivity index (χ0n) is 8.52. The fraction of sp³-hybridized carbons (Fsp3) is 0. The highest BCUT2D eigenvalue weighted by Crippen LogP contribution is 2.28. The Morgan fingerprint density at radius 3 is 2.81 bits per heavy atom. The molecule has 0 aliphatic rings. The van der Waals surface area contributed by atoms with Gasteiger partial charge in [-0.3, -0.25) is 4.98 Å². The van der Waals surface area contributed by atoms with E-state index in [9.17, 15) is 5.11 Å². The van der Waals surface area contributed by atoms with Gasteiger partial charge in [0.2, 0.25) is 0 Å². The summed E-state index contributed by atoms with van der Waals surface area (Å²) >= 11 is 3.45. The molecule has 2 rings (SSSR count). The van der Waals surface area contributed by atoms with Crippen molar-refractivity contribution in [2.24, 2.45) is 0 Å². The molecule has 0 radical (unpaired) electrons. The van der Waals surface area contributed by atoms with Gasteiger partial charge in [-0.05, 0) is 39.2 Å². The standard InChI is InChI=1S/C13H10BrNO/c1-9(16)10-3-2-4-11(7-10)12-5-6-15-8-13(12)14/h2-8,16H,1H2. The first-order chi connectivity index (χ1) is 7.68. The SMILES string of the molecule is C=C(O)c1cccc(-c2ccncc2Br)c1. The number of aromatic nitrogens is 1. The van der Waals surface area contributed by atoms with E-state index in [1.807, 2.05) is 30.3 Å².